The molecule has 0 unspecified atom stereocenters. The van der Waals surface area contributed by atoms with Crippen LogP contribution in [0.25, 0.3) is 0 Å². The Morgan fingerprint density at radius 1 is 1.00 bits per heavy atom. The topological polar surface area (TPSA) is 92.5 Å². The molecule has 0 atom stereocenters. The fourth-order valence-electron chi connectivity index (χ4n) is 2.25. The lowest BCUT2D eigenvalue weighted by atomic mass is 10.1. The molecule has 0 radical (unpaired) electrons. The van der Waals surface area contributed by atoms with Gasteiger partial charge >= 0.3 is 0 Å². The van der Waals surface area contributed by atoms with E-state index in [9.17, 15) is 19.7 Å². The Labute approximate surface area is 125 Å². The molecule has 0 aliphatic carbocycles. The van der Waals surface area contributed by atoms with Crippen LogP contribution in [0.1, 0.15) is 26.3 Å². The highest BCUT2D eigenvalue weighted by molar-refractivity contribution is 6.21. The third-order valence-corrected chi connectivity index (χ3v) is 3.37. The molecular formula is C15H11N3O4. The molecule has 110 valence electrons. The summed E-state index contributed by atoms with van der Waals surface area (Å²) in [6.45, 7) is 0.300. The van der Waals surface area contributed by atoms with Crippen molar-refractivity contribution in [3.05, 3.63) is 75.3 Å². The van der Waals surface area contributed by atoms with Crippen molar-refractivity contribution in [1.82, 2.24) is 10.4 Å². The number of nitrogens with one attached hydrogen (secondary N) is 1. The zero-order valence-electron chi connectivity index (χ0n) is 11.4. The second-order valence-corrected chi connectivity index (χ2v) is 4.75. The quantitative estimate of drug-likeness (QED) is 0.528. The first kappa shape index (κ1) is 13.9. The van der Waals surface area contributed by atoms with Gasteiger partial charge in [0.05, 0.1) is 16.1 Å². The first-order chi connectivity index (χ1) is 10.6. The number of nitro groups is 1. The highest BCUT2D eigenvalue weighted by Crippen LogP contribution is 2.25. The number of hydrazine groups is 1. The number of carbonyl (C=O) groups is 2. The Morgan fingerprint density at radius 2 is 1.68 bits per heavy atom. The van der Waals surface area contributed by atoms with E-state index in [1.54, 1.807) is 0 Å². The molecule has 0 aromatic heterocycles. The lowest BCUT2D eigenvalue weighted by Crippen LogP contribution is -2.41. The summed E-state index contributed by atoms with van der Waals surface area (Å²) in [4.78, 5) is 34.6. The van der Waals surface area contributed by atoms with Crippen molar-refractivity contribution in [2.75, 3.05) is 0 Å². The van der Waals surface area contributed by atoms with Gasteiger partial charge < -0.3 is 0 Å². The average Bonchev–Trinajstić information content (AvgIpc) is 2.77. The van der Waals surface area contributed by atoms with Crippen LogP contribution in [0, 0.1) is 10.1 Å². The monoisotopic (exact) mass is 297 g/mol. The molecule has 0 saturated carbocycles. The molecule has 1 N–H and O–H groups in total. The van der Waals surface area contributed by atoms with Gasteiger partial charge in [-0.1, -0.05) is 30.3 Å². The molecule has 22 heavy (non-hydrogen) atoms. The number of hydrogen-bond donors (Lipinski definition) is 1. The molecule has 2 aromatic rings. The fraction of sp³-hybridized carbons (Fsp3) is 0.0667. The number of nitrogens with zero attached hydrogens (tertiary/aromatic N) is 2. The summed E-state index contributed by atoms with van der Waals surface area (Å²) in [6, 6.07) is 12.9. The second-order valence-electron chi connectivity index (χ2n) is 4.75. The summed E-state index contributed by atoms with van der Waals surface area (Å²) in [7, 11) is 0. The van der Waals surface area contributed by atoms with Gasteiger partial charge in [-0.25, -0.2) is 10.4 Å². The summed E-state index contributed by atoms with van der Waals surface area (Å²) in [5, 5.41) is 11.7. The normalized spacial score (nSPS) is 13.4. The van der Waals surface area contributed by atoms with E-state index in [-0.39, 0.29) is 16.8 Å². The largest absolute Gasteiger partial charge is 0.276 e. The van der Waals surface area contributed by atoms with Crippen molar-refractivity contribution >= 4 is 17.5 Å². The number of carbonyl (C=O) groups excluding carboxylic acids is 2. The maximum atomic E-state index is 12.2. The van der Waals surface area contributed by atoms with E-state index in [0.29, 0.717) is 6.54 Å². The molecule has 0 spiro atoms. The van der Waals surface area contributed by atoms with Gasteiger partial charge in [0.25, 0.3) is 17.5 Å². The van der Waals surface area contributed by atoms with E-state index < -0.39 is 16.7 Å². The van der Waals surface area contributed by atoms with Crippen LogP contribution in [0.4, 0.5) is 5.69 Å². The van der Waals surface area contributed by atoms with Crippen molar-refractivity contribution in [3.8, 4) is 0 Å². The van der Waals surface area contributed by atoms with Crippen LogP contribution in [-0.2, 0) is 6.54 Å². The van der Waals surface area contributed by atoms with Crippen LogP contribution >= 0.6 is 0 Å². The van der Waals surface area contributed by atoms with Crippen LogP contribution < -0.4 is 5.43 Å². The van der Waals surface area contributed by atoms with Gasteiger partial charge in [-0.05, 0) is 11.6 Å². The van der Waals surface area contributed by atoms with Crippen LogP contribution in [-0.4, -0.2) is 21.7 Å². The van der Waals surface area contributed by atoms with Crippen molar-refractivity contribution in [2.24, 2.45) is 0 Å². The Balaban J connectivity index is 1.82. The van der Waals surface area contributed by atoms with Crippen LogP contribution in [0.3, 0.4) is 0 Å². The maximum absolute atomic E-state index is 12.2. The number of hydrogen-bond acceptors (Lipinski definition) is 5. The zero-order chi connectivity index (χ0) is 15.7. The van der Waals surface area contributed by atoms with Crippen LogP contribution in [0.15, 0.2) is 48.5 Å². The highest BCUT2D eigenvalue weighted by Gasteiger charge is 2.36. The van der Waals surface area contributed by atoms with E-state index in [0.717, 1.165) is 16.6 Å². The van der Waals surface area contributed by atoms with E-state index in [1.807, 2.05) is 30.3 Å². The molecule has 2 amide bonds. The third-order valence-electron chi connectivity index (χ3n) is 3.37. The van der Waals surface area contributed by atoms with Gasteiger partial charge in [0.1, 0.15) is 0 Å². The number of rotatable bonds is 4. The Bertz CT molecular complexity index is 774. The summed E-state index contributed by atoms with van der Waals surface area (Å²) in [5.74, 6) is -1.09. The third kappa shape index (κ3) is 2.33. The van der Waals surface area contributed by atoms with Gasteiger partial charge in [-0.3, -0.25) is 19.7 Å². The molecule has 2 aromatic carbocycles. The molecule has 3 rings (SSSR count). The zero-order valence-corrected chi connectivity index (χ0v) is 11.4. The lowest BCUT2D eigenvalue weighted by Gasteiger charge is -2.15. The molecule has 0 bridgehead atoms. The molecule has 1 aliphatic heterocycles. The second kappa shape index (κ2) is 5.38. The summed E-state index contributed by atoms with van der Waals surface area (Å²) < 4.78 is 0. The molecular weight excluding hydrogens is 286 g/mol. The Morgan fingerprint density at radius 3 is 2.36 bits per heavy atom. The minimum atomic E-state index is -0.599. The molecule has 1 heterocycles. The maximum Gasteiger partial charge on any atom is 0.276 e. The highest BCUT2D eigenvalue weighted by atomic mass is 16.6. The first-order valence-electron chi connectivity index (χ1n) is 6.52. The summed E-state index contributed by atoms with van der Waals surface area (Å²) in [5.41, 5.74) is 3.65. The minimum Gasteiger partial charge on any atom is -0.267 e. The molecule has 0 fully saturated rings. The number of fused-ring (bicyclic) bond motifs is 1. The van der Waals surface area contributed by atoms with Gasteiger partial charge in [0, 0.05) is 18.7 Å². The molecule has 1 aliphatic rings. The number of amides is 2. The standard InChI is InChI=1S/C15H11N3O4/c19-14-12-7-6-11(18(21)22)8-13(12)15(20)17(14)16-9-10-4-2-1-3-5-10/h1-8,16H,9H2. The predicted molar refractivity (Wildman–Crippen MR) is 76.9 cm³/mol. The Kier molecular flexibility index (Phi) is 3.40. The lowest BCUT2D eigenvalue weighted by molar-refractivity contribution is -0.384. The fourth-order valence-corrected chi connectivity index (χ4v) is 2.25. The van der Waals surface area contributed by atoms with Gasteiger partial charge in [-0.2, -0.15) is 0 Å². The Hall–Kier alpha value is -3.06. The summed E-state index contributed by atoms with van der Waals surface area (Å²) in [6.07, 6.45) is 0. The van der Waals surface area contributed by atoms with Crippen molar-refractivity contribution in [1.29, 1.82) is 0 Å². The van der Waals surface area contributed by atoms with E-state index in [4.69, 9.17) is 0 Å². The molecule has 7 heteroatoms. The first-order valence-corrected chi connectivity index (χ1v) is 6.52. The number of benzene rings is 2. The predicted octanol–water partition coefficient (Wildman–Crippen LogP) is 1.90. The van der Waals surface area contributed by atoms with Crippen LogP contribution in [0.2, 0.25) is 0 Å². The number of nitro benzene ring substituents is 1. The SMILES string of the molecule is O=C1c2ccc([N+](=O)[O-])cc2C(=O)N1NCc1ccccc1. The van der Waals surface area contributed by atoms with Gasteiger partial charge in [0.2, 0.25) is 0 Å². The van der Waals surface area contributed by atoms with Crippen LogP contribution in [0.5, 0.6) is 0 Å². The number of imide groups is 1. The van der Waals surface area contributed by atoms with Gasteiger partial charge in [0.15, 0.2) is 0 Å². The average molecular weight is 297 g/mol. The minimum absolute atomic E-state index is 0.0414. The van der Waals surface area contributed by atoms with Gasteiger partial charge in [-0.15, -0.1) is 0 Å². The molecule has 7 nitrogen and oxygen atoms in total. The molecule has 0 saturated heterocycles. The van der Waals surface area contributed by atoms with Crippen molar-refractivity contribution in [3.63, 3.8) is 0 Å². The van der Waals surface area contributed by atoms with Crippen molar-refractivity contribution < 1.29 is 14.5 Å². The van der Waals surface area contributed by atoms with Crippen molar-refractivity contribution in [2.45, 2.75) is 6.54 Å². The van der Waals surface area contributed by atoms with E-state index in [2.05, 4.69) is 5.43 Å². The number of non-ortho nitro benzene ring substituents is 1. The smallest absolute Gasteiger partial charge is 0.267 e. The van der Waals surface area contributed by atoms with E-state index >= 15 is 0 Å². The summed E-state index contributed by atoms with van der Waals surface area (Å²) >= 11 is 0. The van der Waals surface area contributed by atoms with E-state index in [1.165, 1.54) is 12.1 Å².